The SMILES string of the molecule is CCSc1ccccc1NC(=O)CN(c1ccc(Br)cc1)S(C)(=O)=O. The van der Waals surface area contributed by atoms with E-state index in [4.69, 9.17) is 0 Å². The molecule has 0 saturated heterocycles. The van der Waals surface area contributed by atoms with Gasteiger partial charge in [-0.3, -0.25) is 9.10 Å². The van der Waals surface area contributed by atoms with Crippen LogP contribution in [0.25, 0.3) is 0 Å². The maximum atomic E-state index is 12.4. The van der Waals surface area contributed by atoms with Crippen LogP contribution in [0.2, 0.25) is 0 Å². The second-order valence-corrected chi connectivity index (χ2v) is 9.35. The number of nitrogens with zero attached hydrogens (tertiary/aromatic N) is 1. The average molecular weight is 443 g/mol. The normalized spacial score (nSPS) is 11.2. The molecule has 0 bridgehead atoms. The minimum Gasteiger partial charge on any atom is -0.323 e. The zero-order valence-corrected chi connectivity index (χ0v) is 17.1. The van der Waals surface area contributed by atoms with Gasteiger partial charge in [0.05, 0.1) is 17.6 Å². The standard InChI is InChI=1S/C17H19BrN2O3S2/c1-3-24-16-7-5-4-6-15(16)19-17(21)12-20(25(2,22)23)14-10-8-13(18)9-11-14/h4-11H,3,12H2,1-2H3,(H,19,21). The van der Waals surface area contributed by atoms with Crippen molar-refractivity contribution in [2.75, 3.05) is 28.2 Å². The number of halogens is 1. The van der Waals surface area contributed by atoms with Crippen LogP contribution in [0, 0.1) is 0 Å². The minimum atomic E-state index is -3.59. The molecule has 2 rings (SSSR count). The Balaban J connectivity index is 2.19. The van der Waals surface area contributed by atoms with E-state index in [2.05, 4.69) is 21.2 Å². The molecule has 0 spiro atoms. The van der Waals surface area contributed by atoms with Gasteiger partial charge < -0.3 is 5.32 Å². The highest BCUT2D eigenvalue weighted by Crippen LogP contribution is 2.27. The van der Waals surface area contributed by atoms with Gasteiger partial charge in [-0.05, 0) is 42.2 Å². The van der Waals surface area contributed by atoms with Gasteiger partial charge in [-0.25, -0.2) is 8.42 Å². The number of hydrogen-bond donors (Lipinski definition) is 1. The van der Waals surface area contributed by atoms with Crippen LogP contribution in [0.1, 0.15) is 6.92 Å². The maximum Gasteiger partial charge on any atom is 0.245 e. The minimum absolute atomic E-state index is 0.286. The number of thioether (sulfide) groups is 1. The lowest BCUT2D eigenvalue weighted by atomic mass is 10.3. The van der Waals surface area contributed by atoms with E-state index in [9.17, 15) is 13.2 Å². The van der Waals surface area contributed by atoms with Crippen molar-refractivity contribution in [3.05, 3.63) is 53.0 Å². The van der Waals surface area contributed by atoms with Crippen molar-refractivity contribution >= 4 is 55.0 Å². The van der Waals surface area contributed by atoms with Gasteiger partial charge in [-0.2, -0.15) is 0 Å². The first-order valence-corrected chi connectivity index (χ1v) is 11.2. The second kappa shape index (κ2) is 8.73. The summed E-state index contributed by atoms with van der Waals surface area (Å²) in [5, 5.41) is 2.80. The van der Waals surface area contributed by atoms with Crippen molar-refractivity contribution in [1.29, 1.82) is 0 Å². The molecule has 2 aromatic carbocycles. The Morgan fingerprint density at radius 3 is 2.40 bits per heavy atom. The fourth-order valence-electron chi connectivity index (χ4n) is 2.18. The third-order valence-corrected chi connectivity index (χ3v) is 5.89. The van der Waals surface area contributed by atoms with Gasteiger partial charge in [0.25, 0.3) is 0 Å². The van der Waals surface area contributed by atoms with E-state index < -0.39 is 15.9 Å². The Kier molecular flexibility index (Phi) is 6.92. The second-order valence-electron chi connectivity index (χ2n) is 5.22. The van der Waals surface area contributed by atoms with E-state index >= 15 is 0 Å². The van der Waals surface area contributed by atoms with Gasteiger partial charge in [0.2, 0.25) is 15.9 Å². The summed E-state index contributed by atoms with van der Waals surface area (Å²) in [5.74, 6) is 0.485. The molecule has 2 aromatic rings. The molecule has 1 amide bonds. The van der Waals surface area contributed by atoms with Crippen LogP contribution in [-0.4, -0.2) is 32.9 Å². The van der Waals surface area contributed by atoms with Gasteiger partial charge in [0.1, 0.15) is 6.54 Å². The van der Waals surface area contributed by atoms with Crippen molar-refractivity contribution in [2.45, 2.75) is 11.8 Å². The number of rotatable bonds is 7. The van der Waals surface area contributed by atoms with Crippen LogP contribution in [0.15, 0.2) is 57.9 Å². The molecule has 0 saturated carbocycles. The van der Waals surface area contributed by atoms with Gasteiger partial charge in [0, 0.05) is 9.37 Å². The summed E-state index contributed by atoms with van der Waals surface area (Å²) in [6.07, 6.45) is 1.09. The van der Waals surface area contributed by atoms with Gasteiger partial charge >= 0.3 is 0 Å². The van der Waals surface area contributed by atoms with Crippen molar-refractivity contribution < 1.29 is 13.2 Å². The monoisotopic (exact) mass is 442 g/mol. The summed E-state index contributed by atoms with van der Waals surface area (Å²) in [4.78, 5) is 13.4. The van der Waals surface area contributed by atoms with Crippen LogP contribution in [-0.2, 0) is 14.8 Å². The molecule has 8 heteroatoms. The number of nitrogens with one attached hydrogen (secondary N) is 1. The summed E-state index contributed by atoms with van der Waals surface area (Å²) < 4.78 is 26.1. The Labute approximate surface area is 161 Å². The molecule has 0 atom stereocenters. The number of amides is 1. The fraction of sp³-hybridized carbons (Fsp3) is 0.235. The zero-order chi connectivity index (χ0) is 18.4. The summed E-state index contributed by atoms with van der Waals surface area (Å²) >= 11 is 4.93. The van der Waals surface area contributed by atoms with Crippen LogP contribution >= 0.6 is 27.7 Å². The maximum absolute atomic E-state index is 12.4. The summed E-state index contributed by atoms with van der Waals surface area (Å²) in [5.41, 5.74) is 1.13. The van der Waals surface area contributed by atoms with E-state index in [0.717, 1.165) is 25.7 Å². The molecule has 134 valence electrons. The van der Waals surface area contributed by atoms with E-state index in [0.29, 0.717) is 11.4 Å². The van der Waals surface area contributed by atoms with Crippen molar-refractivity contribution in [1.82, 2.24) is 0 Å². The Hall–Kier alpha value is -1.51. The van der Waals surface area contributed by atoms with Gasteiger partial charge in [-0.15, -0.1) is 11.8 Å². The molecule has 0 fully saturated rings. The lowest BCUT2D eigenvalue weighted by Crippen LogP contribution is -2.37. The highest BCUT2D eigenvalue weighted by atomic mass is 79.9. The molecular weight excluding hydrogens is 424 g/mol. The number of sulfonamides is 1. The third-order valence-electron chi connectivity index (χ3n) is 3.26. The Bertz CT molecular complexity index is 839. The molecule has 0 unspecified atom stereocenters. The van der Waals surface area contributed by atoms with Crippen molar-refractivity contribution in [3.63, 3.8) is 0 Å². The van der Waals surface area contributed by atoms with Crippen LogP contribution in [0.4, 0.5) is 11.4 Å². The van der Waals surface area contributed by atoms with Gasteiger partial charge in [0.15, 0.2) is 0 Å². The number of para-hydroxylation sites is 1. The van der Waals surface area contributed by atoms with E-state index in [-0.39, 0.29) is 6.54 Å². The molecule has 0 heterocycles. The summed E-state index contributed by atoms with van der Waals surface area (Å²) in [7, 11) is -3.59. The quantitative estimate of drug-likeness (QED) is 0.658. The Morgan fingerprint density at radius 1 is 1.16 bits per heavy atom. The lowest BCUT2D eigenvalue weighted by Gasteiger charge is -2.22. The van der Waals surface area contributed by atoms with Crippen molar-refractivity contribution in [3.8, 4) is 0 Å². The first kappa shape index (κ1) is 19.8. The van der Waals surface area contributed by atoms with Crippen LogP contribution < -0.4 is 9.62 Å². The molecule has 0 radical (unpaired) electrons. The molecule has 0 aliphatic heterocycles. The topological polar surface area (TPSA) is 66.5 Å². The van der Waals surface area contributed by atoms with E-state index in [1.165, 1.54) is 0 Å². The van der Waals surface area contributed by atoms with Crippen LogP contribution in [0.3, 0.4) is 0 Å². The highest BCUT2D eigenvalue weighted by molar-refractivity contribution is 9.10. The number of carbonyl (C=O) groups is 1. The third kappa shape index (κ3) is 5.76. The molecule has 0 aliphatic rings. The summed E-state index contributed by atoms with van der Waals surface area (Å²) in [6.45, 7) is 1.74. The van der Waals surface area contributed by atoms with Crippen molar-refractivity contribution in [2.24, 2.45) is 0 Å². The Morgan fingerprint density at radius 2 is 1.80 bits per heavy atom. The first-order chi connectivity index (χ1) is 11.8. The zero-order valence-electron chi connectivity index (χ0n) is 13.9. The molecule has 25 heavy (non-hydrogen) atoms. The number of carbonyl (C=O) groups excluding carboxylic acids is 1. The molecular formula is C17H19BrN2O3S2. The predicted octanol–water partition coefficient (Wildman–Crippen LogP) is 3.97. The first-order valence-electron chi connectivity index (χ1n) is 7.56. The summed E-state index contributed by atoms with van der Waals surface area (Å²) in [6, 6.07) is 14.2. The molecule has 0 aromatic heterocycles. The largest absolute Gasteiger partial charge is 0.323 e. The van der Waals surface area contributed by atoms with E-state index in [1.54, 1.807) is 42.1 Å². The fourth-order valence-corrected chi connectivity index (χ4v) is 4.06. The predicted molar refractivity (Wildman–Crippen MR) is 108 cm³/mol. The number of benzene rings is 2. The number of anilines is 2. The average Bonchev–Trinajstić information content (AvgIpc) is 2.55. The molecule has 1 N–H and O–H groups in total. The molecule has 0 aliphatic carbocycles. The van der Waals surface area contributed by atoms with E-state index in [1.807, 2.05) is 25.1 Å². The number of hydrogen-bond acceptors (Lipinski definition) is 4. The van der Waals surface area contributed by atoms with Crippen LogP contribution in [0.5, 0.6) is 0 Å². The van der Waals surface area contributed by atoms with Gasteiger partial charge in [-0.1, -0.05) is 35.0 Å². The lowest BCUT2D eigenvalue weighted by molar-refractivity contribution is -0.114. The smallest absolute Gasteiger partial charge is 0.245 e. The molecule has 5 nitrogen and oxygen atoms in total. The highest BCUT2D eigenvalue weighted by Gasteiger charge is 2.21.